The molecule has 0 radical (unpaired) electrons. The molecule has 4 nitrogen and oxygen atoms in total. The van der Waals surface area contributed by atoms with Crippen LogP contribution in [0.15, 0.2) is 66.7 Å². The van der Waals surface area contributed by atoms with Gasteiger partial charge in [-0.1, -0.05) is 42.5 Å². The van der Waals surface area contributed by atoms with Gasteiger partial charge in [0, 0.05) is 35.1 Å². The van der Waals surface area contributed by atoms with E-state index in [0.717, 1.165) is 34.1 Å². The van der Waals surface area contributed by atoms with Crippen molar-refractivity contribution in [3.8, 4) is 23.0 Å². The van der Waals surface area contributed by atoms with Gasteiger partial charge in [0.05, 0.1) is 21.3 Å². The average Bonchev–Trinajstić information content (AvgIpc) is 2.77. The Morgan fingerprint density at radius 2 is 1.37 bits per heavy atom. The number of methoxy groups -OCH3 is 3. The first-order chi connectivity index (χ1) is 14.5. The first kappa shape index (κ1) is 20.1. The van der Waals surface area contributed by atoms with Crippen LogP contribution < -0.4 is 18.9 Å². The van der Waals surface area contributed by atoms with Crippen molar-refractivity contribution >= 4 is 0 Å². The number of benzene rings is 3. The normalized spacial score (nSPS) is 19.4. The predicted octanol–water partition coefficient (Wildman–Crippen LogP) is 5.80. The maximum Gasteiger partial charge on any atom is 0.127 e. The third-order valence-electron chi connectivity index (χ3n) is 5.95. The van der Waals surface area contributed by atoms with Crippen LogP contribution in [0, 0.1) is 0 Å². The van der Waals surface area contributed by atoms with Gasteiger partial charge in [-0.3, -0.25) is 0 Å². The third kappa shape index (κ3) is 3.47. The molecule has 1 aliphatic heterocycles. The van der Waals surface area contributed by atoms with Crippen molar-refractivity contribution in [3.05, 3.63) is 83.4 Å². The molecule has 2 atom stereocenters. The summed E-state index contributed by atoms with van der Waals surface area (Å²) in [6.07, 6.45) is 0. The first-order valence-corrected chi connectivity index (χ1v) is 10.1. The Hall–Kier alpha value is -3.14. The molecule has 0 saturated heterocycles. The second kappa shape index (κ2) is 7.94. The molecule has 0 N–H and O–H groups in total. The van der Waals surface area contributed by atoms with E-state index in [2.05, 4.69) is 50.2 Å². The molecule has 1 aliphatic rings. The zero-order chi connectivity index (χ0) is 21.3. The van der Waals surface area contributed by atoms with Crippen molar-refractivity contribution in [2.75, 3.05) is 21.3 Å². The molecule has 4 rings (SSSR count). The lowest BCUT2D eigenvalue weighted by molar-refractivity contribution is 0.0524. The lowest BCUT2D eigenvalue weighted by Gasteiger charge is -2.46. The van der Waals surface area contributed by atoms with E-state index < -0.39 is 5.60 Å². The van der Waals surface area contributed by atoms with Gasteiger partial charge < -0.3 is 18.9 Å². The van der Waals surface area contributed by atoms with E-state index in [1.54, 1.807) is 21.3 Å². The molecule has 0 aromatic heterocycles. The Balaban J connectivity index is 1.98. The Kier molecular flexibility index (Phi) is 5.33. The predicted molar refractivity (Wildman–Crippen MR) is 118 cm³/mol. The number of hydrogen-bond donors (Lipinski definition) is 0. The van der Waals surface area contributed by atoms with E-state index in [4.69, 9.17) is 18.9 Å². The minimum absolute atomic E-state index is 0.0397. The molecule has 0 unspecified atom stereocenters. The van der Waals surface area contributed by atoms with Gasteiger partial charge in [0.2, 0.25) is 0 Å². The molecule has 0 saturated carbocycles. The minimum Gasteiger partial charge on any atom is -0.497 e. The zero-order valence-corrected chi connectivity index (χ0v) is 18.1. The van der Waals surface area contributed by atoms with Crippen molar-refractivity contribution in [2.45, 2.75) is 31.3 Å². The van der Waals surface area contributed by atoms with Gasteiger partial charge in [-0.05, 0) is 31.5 Å². The topological polar surface area (TPSA) is 36.9 Å². The van der Waals surface area contributed by atoms with Crippen LogP contribution in [0.3, 0.4) is 0 Å². The third-order valence-corrected chi connectivity index (χ3v) is 5.95. The molecule has 0 fully saturated rings. The van der Waals surface area contributed by atoms with E-state index >= 15 is 0 Å². The van der Waals surface area contributed by atoms with Crippen LogP contribution in [0.25, 0.3) is 0 Å². The molecule has 0 bridgehead atoms. The fourth-order valence-electron chi connectivity index (χ4n) is 4.59. The summed E-state index contributed by atoms with van der Waals surface area (Å²) in [4.78, 5) is 0. The van der Waals surface area contributed by atoms with Crippen molar-refractivity contribution < 1.29 is 18.9 Å². The molecule has 0 spiro atoms. The smallest absolute Gasteiger partial charge is 0.127 e. The van der Waals surface area contributed by atoms with Gasteiger partial charge in [0.25, 0.3) is 0 Å². The van der Waals surface area contributed by atoms with E-state index in [9.17, 15) is 0 Å². The monoisotopic (exact) mass is 404 g/mol. The second-order valence-electron chi connectivity index (χ2n) is 8.08. The van der Waals surface area contributed by atoms with E-state index in [-0.39, 0.29) is 11.8 Å². The summed E-state index contributed by atoms with van der Waals surface area (Å²) in [5.74, 6) is 3.32. The molecular weight excluding hydrogens is 376 g/mol. The molecular formula is C26H28O4. The molecule has 1 heterocycles. The highest BCUT2D eigenvalue weighted by atomic mass is 16.5. The van der Waals surface area contributed by atoms with Gasteiger partial charge in [-0.25, -0.2) is 0 Å². The Morgan fingerprint density at radius 1 is 0.733 bits per heavy atom. The summed E-state index contributed by atoms with van der Waals surface area (Å²) in [6.45, 7) is 4.30. The van der Waals surface area contributed by atoms with Gasteiger partial charge >= 0.3 is 0 Å². The lowest BCUT2D eigenvalue weighted by Crippen LogP contribution is -2.43. The van der Waals surface area contributed by atoms with Crippen molar-refractivity contribution in [3.63, 3.8) is 0 Å². The van der Waals surface area contributed by atoms with E-state index in [1.165, 1.54) is 5.56 Å². The molecule has 156 valence electrons. The van der Waals surface area contributed by atoms with Crippen LogP contribution in [0.5, 0.6) is 23.0 Å². The fourth-order valence-corrected chi connectivity index (χ4v) is 4.59. The molecule has 3 aromatic rings. The summed E-state index contributed by atoms with van der Waals surface area (Å²) in [5.41, 5.74) is 3.00. The van der Waals surface area contributed by atoms with Crippen LogP contribution in [0.4, 0.5) is 0 Å². The largest absolute Gasteiger partial charge is 0.497 e. The molecule has 0 amide bonds. The number of fused-ring (bicyclic) bond motifs is 1. The van der Waals surface area contributed by atoms with Crippen molar-refractivity contribution in [1.29, 1.82) is 0 Å². The Labute approximate surface area is 178 Å². The van der Waals surface area contributed by atoms with Crippen LogP contribution in [0.1, 0.15) is 42.4 Å². The van der Waals surface area contributed by atoms with Crippen LogP contribution in [0.2, 0.25) is 0 Å². The second-order valence-corrected chi connectivity index (χ2v) is 8.08. The summed E-state index contributed by atoms with van der Waals surface area (Å²) in [6, 6.07) is 22.7. The number of rotatable bonds is 5. The van der Waals surface area contributed by atoms with Crippen molar-refractivity contribution in [2.24, 2.45) is 0 Å². The maximum absolute atomic E-state index is 6.55. The highest BCUT2D eigenvalue weighted by Gasteiger charge is 2.46. The van der Waals surface area contributed by atoms with E-state index in [1.807, 2.05) is 30.3 Å². The fraction of sp³-hybridized carbons (Fsp3) is 0.308. The zero-order valence-electron chi connectivity index (χ0n) is 18.1. The van der Waals surface area contributed by atoms with Crippen LogP contribution >= 0.6 is 0 Å². The van der Waals surface area contributed by atoms with Gasteiger partial charge in [-0.15, -0.1) is 0 Å². The molecule has 3 aromatic carbocycles. The summed E-state index contributed by atoms with van der Waals surface area (Å²) < 4.78 is 23.2. The highest BCUT2D eigenvalue weighted by molar-refractivity contribution is 5.56. The Bertz CT molecular complexity index is 1030. The van der Waals surface area contributed by atoms with Crippen LogP contribution in [-0.4, -0.2) is 26.9 Å². The molecule has 0 aliphatic carbocycles. The lowest BCUT2D eigenvalue weighted by atomic mass is 9.68. The SMILES string of the molecule is COc1ccc([C@H]2c3ccc(OC)cc3OC(C)(C)[C@@H]2c2ccccc2)c(OC)c1. The van der Waals surface area contributed by atoms with Crippen LogP contribution in [-0.2, 0) is 0 Å². The quantitative estimate of drug-likeness (QED) is 0.539. The van der Waals surface area contributed by atoms with Gasteiger partial charge in [-0.2, -0.15) is 0 Å². The average molecular weight is 405 g/mol. The van der Waals surface area contributed by atoms with E-state index in [0.29, 0.717) is 0 Å². The minimum atomic E-state index is -0.448. The maximum atomic E-state index is 6.55. The standard InChI is InChI=1S/C26H28O4/c1-26(2)25(17-9-7-6-8-10-17)24(20-13-11-18(27-3)15-22(20)29-5)21-14-12-19(28-4)16-23(21)30-26/h6-16,24-25H,1-5H3/t24-,25+/m0/s1. The van der Waals surface area contributed by atoms with Crippen molar-refractivity contribution in [1.82, 2.24) is 0 Å². The Morgan fingerprint density at radius 3 is 2.00 bits per heavy atom. The first-order valence-electron chi connectivity index (χ1n) is 10.1. The van der Waals surface area contributed by atoms with Gasteiger partial charge in [0.15, 0.2) is 0 Å². The molecule has 4 heteroatoms. The number of ether oxygens (including phenoxy) is 4. The number of hydrogen-bond acceptors (Lipinski definition) is 4. The molecule has 30 heavy (non-hydrogen) atoms. The summed E-state index contributed by atoms with van der Waals surface area (Å²) in [5, 5.41) is 0. The summed E-state index contributed by atoms with van der Waals surface area (Å²) in [7, 11) is 5.04. The van der Waals surface area contributed by atoms with Gasteiger partial charge in [0.1, 0.15) is 28.6 Å². The summed E-state index contributed by atoms with van der Waals surface area (Å²) >= 11 is 0. The highest BCUT2D eigenvalue weighted by Crippen LogP contribution is 2.55.